The van der Waals surface area contributed by atoms with Crippen molar-refractivity contribution < 1.29 is 52.6 Å². The van der Waals surface area contributed by atoms with Crippen LogP contribution >= 0.6 is 0 Å². The lowest BCUT2D eigenvalue weighted by Crippen LogP contribution is -2.59. The van der Waals surface area contributed by atoms with Gasteiger partial charge in [0.05, 0.1) is 42.9 Å². The normalized spacial score (nSPS) is 43.5. The molecular formula is C49H74N2O11. The number of aromatic hydroxyl groups is 1. The van der Waals surface area contributed by atoms with Crippen LogP contribution < -0.4 is 4.90 Å². The number of hydrogen-bond acceptors (Lipinski definition) is 13. The van der Waals surface area contributed by atoms with Crippen LogP contribution in [-0.2, 0) is 47.5 Å². The Morgan fingerprint density at radius 2 is 1.53 bits per heavy atom. The largest absolute Gasteiger partial charge is 0.508 e. The number of anilines is 1. The summed E-state index contributed by atoms with van der Waals surface area (Å²) in [5.74, 6) is -0.116. The number of Topliss-reactive ketones (excluding diaryl/α,β-unsaturated/α-hetero) is 1. The molecule has 8 rings (SSSR count). The first-order valence-corrected chi connectivity index (χ1v) is 23.6. The molecule has 1 aromatic carbocycles. The molecule has 346 valence electrons. The highest BCUT2D eigenvalue weighted by atomic mass is 16.7. The molecular weight excluding hydrogens is 793 g/mol. The molecule has 19 atom stereocenters. The number of phenolic OH excluding ortho intramolecular Hbond substituents is 1. The van der Waals surface area contributed by atoms with Crippen LogP contribution in [-0.4, -0.2) is 137 Å². The van der Waals surface area contributed by atoms with Gasteiger partial charge in [0.1, 0.15) is 30.2 Å². The minimum Gasteiger partial charge on any atom is -0.508 e. The van der Waals surface area contributed by atoms with Crippen LogP contribution in [0.25, 0.3) is 0 Å². The molecule has 13 nitrogen and oxygen atoms in total. The van der Waals surface area contributed by atoms with Gasteiger partial charge in [0.2, 0.25) is 0 Å². The van der Waals surface area contributed by atoms with Crippen molar-refractivity contribution in [3.8, 4) is 5.75 Å². The molecule has 4 saturated heterocycles. The Kier molecular flexibility index (Phi) is 13.9. The first-order chi connectivity index (χ1) is 29.7. The van der Waals surface area contributed by atoms with Gasteiger partial charge in [-0.1, -0.05) is 19.9 Å². The lowest BCUT2D eigenvalue weighted by atomic mass is 9.66. The number of ether oxygens (including phenoxy) is 8. The quantitative estimate of drug-likeness (QED) is 0.203. The third-order valence-electron chi connectivity index (χ3n) is 16.1. The highest BCUT2D eigenvalue weighted by Crippen LogP contribution is 2.65. The molecule has 13 heteroatoms. The van der Waals surface area contributed by atoms with E-state index in [1.54, 1.807) is 21.3 Å². The van der Waals surface area contributed by atoms with E-state index >= 15 is 4.79 Å². The summed E-state index contributed by atoms with van der Waals surface area (Å²) >= 11 is 0. The summed E-state index contributed by atoms with van der Waals surface area (Å²) in [7, 11) is 9.17. The molecule has 1 aromatic rings. The summed E-state index contributed by atoms with van der Waals surface area (Å²) in [6.45, 7) is 12.3. The molecule has 62 heavy (non-hydrogen) atoms. The summed E-state index contributed by atoms with van der Waals surface area (Å²) in [5.41, 5.74) is 3.90. The number of cyclic esters (lactones) is 1. The van der Waals surface area contributed by atoms with E-state index in [4.69, 9.17) is 37.9 Å². The molecule has 2 saturated carbocycles. The molecule has 0 amide bonds. The van der Waals surface area contributed by atoms with Crippen molar-refractivity contribution >= 4 is 17.4 Å². The fraction of sp³-hybridized carbons (Fsp3) is 0.796. The van der Waals surface area contributed by atoms with Gasteiger partial charge in [-0.25, -0.2) is 0 Å². The second-order valence-electron chi connectivity index (χ2n) is 19.9. The zero-order valence-electron chi connectivity index (χ0n) is 39.0. The van der Waals surface area contributed by atoms with E-state index in [-0.39, 0.29) is 115 Å². The standard InChI is InChI=1S/C49H74N2O11/c1-12-30-14-13-15-38(62-40-17-16-37(50(7)8)27(5)58-40)26(4)45(54)36-22-33-32-20-31(61-49-48(57-11)47(56-10)46(55-9)28(6)59-49)21-35(32)43-44(41(33)34(36)23-39(53)60-30)51(43)42-24(2)18-29(52)19-25(42)3/h18-19,22,26-28,30-35,37-38,40-41,43-44,46-49,52H,12-17,20-21,23H2,1-11H3/t26-,27?,28?,30+,31+,32+,33+,34-,35-,37+,38+,40+,41-,43+,44-,46+,47?,48+,49+,51?/m1/s1. The fourth-order valence-corrected chi connectivity index (χ4v) is 13.3. The summed E-state index contributed by atoms with van der Waals surface area (Å²) in [6, 6.07) is 4.27. The zero-order chi connectivity index (χ0) is 44.3. The minimum absolute atomic E-state index is 0.00882. The molecule has 6 fully saturated rings. The lowest BCUT2D eigenvalue weighted by molar-refractivity contribution is -0.314. The number of benzene rings is 1. The van der Waals surface area contributed by atoms with Crippen LogP contribution in [0.1, 0.15) is 96.6 Å². The number of carbonyl (C=O) groups excluding carboxylic acids is 2. The van der Waals surface area contributed by atoms with Crippen molar-refractivity contribution in [2.75, 3.05) is 40.3 Å². The van der Waals surface area contributed by atoms with Crippen LogP contribution in [0.3, 0.4) is 0 Å². The third kappa shape index (κ3) is 8.51. The Hall–Kier alpha value is -2.62. The number of nitrogens with zero attached hydrogens (tertiary/aromatic N) is 2. The van der Waals surface area contributed by atoms with Gasteiger partial charge in [-0.05, 0) is 146 Å². The maximum Gasteiger partial charge on any atom is 0.306 e. The minimum atomic E-state index is -0.651. The van der Waals surface area contributed by atoms with E-state index in [2.05, 4.69) is 57.7 Å². The van der Waals surface area contributed by atoms with Crippen molar-refractivity contribution in [2.45, 2.75) is 179 Å². The highest BCUT2D eigenvalue weighted by Gasteiger charge is 2.69. The third-order valence-corrected chi connectivity index (χ3v) is 16.1. The van der Waals surface area contributed by atoms with Crippen molar-refractivity contribution in [3.05, 3.63) is 34.9 Å². The molecule has 3 unspecified atom stereocenters. The summed E-state index contributed by atoms with van der Waals surface area (Å²) in [5, 5.41) is 10.6. The van der Waals surface area contributed by atoms with Crippen molar-refractivity contribution in [1.29, 1.82) is 0 Å². The maximum absolute atomic E-state index is 15.3. The van der Waals surface area contributed by atoms with Crippen LogP contribution in [0.2, 0.25) is 0 Å². The highest BCUT2D eigenvalue weighted by molar-refractivity contribution is 5.99. The molecule has 7 aliphatic rings. The Morgan fingerprint density at radius 1 is 0.839 bits per heavy atom. The number of methoxy groups -OCH3 is 3. The van der Waals surface area contributed by atoms with E-state index in [1.807, 2.05) is 26.0 Å². The summed E-state index contributed by atoms with van der Waals surface area (Å²) in [6.07, 6.45) is 5.56. The summed E-state index contributed by atoms with van der Waals surface area (Å²) < 4.78 is 50.7. The van der Waals surface area contributed by atoms with E-state index in [0.717, 1.165) is 67.3 Å². The molecule has 0 radical (unpaired) electrons. The number of fused-ring (bicyclic) bond motifs is 8. The van der Waals surface area contributed by atoms with Crippen LogP contribution in [0.15, 0.2) is 23.8 Å². The van der Waals surface area contributed by atoms with Crippen molar-refractivity contribution in [1.82, 2.24) is 4.90 Å². The number of esters is 1. The average Bonchev–Trinajstić information content (AvgIpc) is 3.58. The van der Waals surface area contributed by atoms with Gasteiger partial charge in [0.25, 0.3) is 0 Å². The van der Waals surface area contributed by atoms with E-state index in [9.17, 15) is 9.90 Å². The number of rotatable bonds is 10. The number of phenols is 1. The number of allylic oxidation sites excluding steroid dienone is 2. The van der Waals surface area contributed by atoms with Gasteiger partial charge < -0.3 is 52.8 Å². The number of carbonyl (C=O) groups is 2. The zero-order valence-corrected chi connectivity index (χ0v) is 39.0. The fourth-order valence-electron chi connectivity index (χ4n) is 13.3. The molecule has 1 N–H and O–H groups in total. The predicted octanol–water partition coefficient (Wildman–Crippen LogP) is 6.51. The molecule has 0 aromatic heterocycles. The number of hydrogen-bond donors (Lipinski definition) is 1. The number of likely N-dealkylation sites (N-methyl/N-ethyl adjacent to an activating group) is 1. The Labute approximate surface area is 369 Å². The lowest BCUT2D eigenvalue weighted by Gasteiger charge is -2.44. The summed E-state index contributed by atoms with van der Waals surface area (Å²) in [4.78, 5) is 34.1. The van der Waals surface area contributed by atoms with Gasteiger partial charge in [0, 0.05) is 44.9 Å². The smallest absolute Gasteiger partial charge is 0.306 e. The Balaban J connectivity index is 1.13. The first-order valence-electron chi connectivity index (χ1n) is 23.6. The number of aryl methyl sites for hydroxylation is 2. The van der Waals surface area contributed by atoms with Crippen molar-refractivity contribution in [3.63, 3.8) is 0 Å². The predicted molar refractivity (Wildman–Crippen MR) is 233 cm³/mol. The average molecular weight is 867 g/mol. The molecule has 3 aliphatic carbocycles. The van der Waals surface area contributed by atoms with Gasteiger partial charge in [0.15, 0.2) is 18.4 Å². The van der Waals surface area contributed by atoms with Crippen LogP contribution in [0.5, 0.6) is 5.75 Å². The van der Waals surface area contributed by atoms with Gasteiger partial charge in [-0.2, -0.15) is 0 Å². The number of ketones is 1. The second-order valence-corrected chi connectivity index (χ2v) is 19.9. The van der Waals surface area contributed by atoms with Crippen LogP contribution in [0, 0.1) is 49.4 Å². The molecule has 0 spiro atoms. The van der Waals surface area contributed by atoms with Gasteiger partial charge >= 0.3 is 5.97 Å². The topological polar surface area (TPSA) is 134 Å². The van der Waals surface area contributed by atoms with E-state index in [0.29, 0.717) is 12.5 Å². The Morgan fingerprint density at radius 3 is 2.18 bits per heavy atom. The molecule has 0 bridgehead atoms. The monoisotopic (exact) mass is 867 g/mol. The van der Waals surface area contributed by atoms with Gasteiger partial charge in [-0.3, -0.25) is 9.59 Å². The van der Waals surface area contributed by atoms with Crippen LogP contribution in [0.4, 0.5) is 5.69 Å². The van der Waals surface area contributed by atoms with Crippen molar-refractivity contribution in [2.24, 2.45) is 35.5 Å². The molecule has 4 heterocycles. The molecule has 4 aliphatic heterocycles. The van der Waals surface area contributed by atoms with E-state index < -0.39 is 18.3 Å². The second kappa shape index (κ2) is 18.7. The first kappa shape index (κ1) is 45.9. The SMILES string of the molecule is CC[C@H]1CCC[C@H](O[C@H]2CC[C@H](N(C)C)C(C)O2)[C@@H](C)C(=O)C2=C[C@H]3[C@@H]4C[C@H](O[C@@H]5OC(C)[C@H](OC)C(OC)[C@@H]5OC)C[C@H]4[C@H]4[C@@H]([C@H]3[C@@H]2CC(=O)O1)N4c1c(C)cc(O)cc1C. The van der Waals surface area contributed by atoms with E-state index in [1.165, 1.54) is 0 Å². The van der Waals surface area contributed by atoms with Gasteiger partial charge in [-0.15, -0.1) is 0 Å². The Bertz CT molecular complexity index is 1780. The maximum atomic E-state index is 15.3.